The van der Waals surface area contributed by atoms with Gasteiger partial charge in [-0.05, 0) is 42.9 Å². The number of likely N-dealkylation sites (tertiary alicyclic amines) is 1. The van der Waals surface area contributed by atoms with Gasteiger partial charge in [-0.2, -0.15) is 0 Å². The highest BCUT2D eigenvalue weighted by Gasteiger charge is 2.77. The molecule has 2 amide bonds. The molecule has 2 saturated heterocycles. The summed E-state index contributed by atoms with van der Waals surface area (Å²) in [4.78, 5) is 31.6. The summed E-state index contributed by atoms with van der Waals surface area (Å²) in [7, 11) is 1.88. The molecule has 0 aromatic heterocycles. The van der Waals surface area contributed by atoms with Crippen LogP contribution in [-0.2, 0) is 15.1 Å². The molecular weight excluding hydrogens is 485 g/mol. The van der Waals surface area contributed by atoms with E-state index in [4.69, 9.17) is 35.4 Å². The Morgan fingerprint density at radius 1 is 1.22 bits per heavy atom. The number of anilines is 1. The van der Waals surface area contributed by atoms with Crippen molar-refractivity contribution in [3.63, 3.8) is 0 Å². The summed E-state index contributed by atoms with van der Waals surface area (Å²) < 4.78 is -0.776. The number of hydrogen-bond acceptors (Lipinski definition) is 5. The van der Waals surface area contributed by atoms with Gasteiger partial charge in [-0.1, -0.05) is 65.4 Å². The Balaban J connectivity index is 1.82. The van der Waals surface area contributed by atoms with E-state index >= 15 is 0 Å². The van der Waals surface area contributed by atoms with E-state index < -0.39 is 10.3 Å². The molecule has 5 nitrogen and oxygen atoms in total. The van der Waals surface area contributed by atoms with Gasteiger partial charge in [0.15, 0.2) is 5.54 Å². The summed E-state index contributed by atoms with van der Waals surface area (Å²) in [6, 6.07) is 12.7. The molecule has 5 rings (SSSR count). The second-order valence-electron chi connectivity index (χ2n) is 8.15. The van der Waals surface area contributed by atoms with Crippen LogP contribution in [0.2, 0.25) is 10.0 Å². The highest BCUT2D eigenvalue weighted by molar-refractivity contribution is 8.25. The van der Waals surface area contributed by atoms with Crippen LogP contribution in [0.25, 0.3) is 0 Å². The number of amides is 2. The Labute approximate surface area is 205 Å². The topological polar surface area (TPSA) is 52.7 Å². The molecule has 3 atom stereocenters. The summed E-state index contributed by atoms with van der Waals surface area (Å²) >= 11 is 19.5. The molecule has 2 spiro atoms. The van der Waals surface area contributed by atoms with Crippen LogP contribution in [-0.4, -0.2) is 50.8 Å². The van der Waals surface area contributed by atoms with Crippen molar-refractivity contribution in [1.29, 1.82) is 0 Å². The number of fused-ring (bicyclic) bond motifs is 3. The van der Waals surface area contributed by atoms with Crippen LogP contribution in [0.15, 0.2) is 55.1 Å². The smallest absolute Gasteiger partial charge is 0.251 e. The zero-order valence-electron chi connectivity index (χ0n) is 17.1. The number of hydrogen-bond donors (Lipinski definition) is 1. The molecule has 0 saturated carbocycles. The quantitative estimate of drug-likeness (QED) is 0.487. The van der Waals surface area contributed by atoms with Crippen LogP contribution >= 0.6 is 47.2 Å². The molecular formula is C23H19Cl2N3O2S2. The van der Waals surface area contributed by atoms with Crippen molar-refractivity contribution < 1.29 is 9.59 Å². The number of nitrogens with one attached hydrogen (secondary N) is 1. The van der Waals surface area contributed by atoms with Crippen LogP contribution in [0.3, 0.4) is 0 Å². The van der Waals surface area contributed by atoms with Gasteiger partial charge in [0.25, 0.3) is 5.91 Å². The van der Waals surface area contributed by atoms with Gasteiger partial charge >= 0.3 is 0 Å². The van der Waals surface area contributed by atoms with E-state index in [0.29, 0.717) is 32.2 Å². The van der Waals surface area contributed by atoms with Crippen molar-refractivity contribution in [1.82, 2.24) is 9.80 Å². The third kappa shape index (κ3) is 2.66. The molecule has 32 heavy (non-hydrogen) atoms. The van der Waals surface area contributed by atoms with Crippen LogP contribution < -0.4 is 5.32 Å². The fourth-order valence-corrected chi connectivity index (χ4v) is 7.82. The Hall–Kier alpha value is -1.90. The summed E-state index contributed by atoms with van der Waals surface area (Å²) in [5.74, 6) is -0.761. The lowest BCUT2D eigenvalue weighted by molar-refractivity contribution is -0.137. The number of carbonyl (C=O) groups excluding carboxylic acids is 2. The van der Waals surface area contributed by atoms with E-state index in [9.17, 15) is 9.59 Å². The summed E-state index contributed by atoms with van der Waals surface area (Å²) in [6.07, 6.45) is 1.64. The van der Waals surface area contributed by atoms with Gasteiger partial charge in [0, 0.05) is 40.3 Å². The number of halogens is 2. The second kappa shape index (κ2) is 7.57. The number of thiocarbonyl (C=S) groups is 1. The monoisotopic (exact) mass is 503 g/mol. The lowest BCUT2D eigenvalue weighted by Gasteiger charge is -2.41. The van der Waals surface area contributed by atoms with Gasteiger partial charge in [-0.25, -0.2) is 0 Å². The van der Waals surface area contributed by atoms with Crippen LogP contribution in [0, 0.1) is 0 Å². The van der Waals surface area contributed by atoms with E-state index in [-0.39, 0.29) is 24.3 Å². The minimum atomic E-state index is -1.28. The van der Waals surface area contributed by atoms with Crippen molar-refractivity contribution in [2.75, 3.05) is 25.5 Å². The second-order valence-corrected chi connectivity index (χ2v) is 10.9. The maximum absolute atomic E-state index is 14.2. The van der Waals surface area contributed by atoms with Crippen LogP contribution in [0.5, 0.6) is 0 Å². The highest BCUT2D eigenvalue weighted by atomic mass is 35.5. The number of thioether (sulfide) groups is 1. The van der Waals surface area contributed by atoms with Gasteiger partial charge in [0.05, 0.1) is 0 Å². The summed E-state index contributed by atoms with van der Waals surface area (Å²) in [5.41, 5.74) is 0.992. The number of likely N-dealkylation sites (N-methyl/N-ethyl adjacent to an activating group) is 1. The minimum absolute atomic E-state index is 0.195. The molecule has 3 heterocycles. The molecule has 2 aromatic rings. The first-order chi connectivity index (χ1) is 15.3. The first-order valence-corrected chi connectivity index (χ1v) is 12.0. The number of rotatable bonds is 3. The Kier molecular flexibility index (Phi) is 5.18. The third-order valence-corrected chi connectivity index (χ3v) is 9.05. The van der Waals surface area contributed by atoms with Gasteiger partial charge in [-0.3, -0.25) is 19.4 Å². The largest absolute Gasteiger partial charge is 0.324 e. The van der Waals surface area contributed by atoms with Crippen molar-refractivity contribution in [2.24, 2.45) is 0 Å². The van der Waals surface area contributed by atoms with Gasteiger partial charge in [0.1, 0.15) is 9.07 Å². The number of carbonyl (C=O) groups is 2. The van der Waals surface area contributed by atoms with Crippen molar-refractivity contribution in [3.05, 3.63) is 76.3 Å². The maximum Gasteiger partial charge on any atom is 0.251 e. The lowest BCUT2D eigenvalue weighted by Crippen LogP contribution is -2.61. The van der Waals surface area contributed by atoms with E-state index in [1.165, 1.54) is 11.8 Å². The Morgan fingerprint density at radius 2 is 1.91 bits per heavy atom. The molecule has 3 aliphatic heterocycles. The molecule has 0 aliphatic carbocycles. The average molecular weight is 504 g/mol. The minimum Gasteiger partial charge on any atom is -0.324 e. The van der Waals surface area contributed by atoms with Gasteiger partial charge < -0.3 is 5.32 Å². The van der Waals surface area contributed by atoms with E-state index in [1.54, 1.807) is 41.3 Å². The van der Waals surface area contributed by atoms with E-state index in [0.717, 1.165) is 5.56 Å². The van der Waals surface area contributed by atoms with Crippen molar-refractivity contribution in [2.45, 2.75) is 16.2 Å². The molecule has 1 N–H and O–H groups in total. The molecule has 3 unspecified atom stereocenters. The SMILES string of the molecule is C=CCN1C(=O)C2(SC1=S)C(c1ccc(Cl)cc1)CN(C)C21C(=O)Nc2ccc(Cl)cc21. The predicted molar refractivity (Wildman–Crippen MR) is 133 cm³/mol. The zero-order chi connectivity index (χ0) is 22.8. The summed E-state index contributed by atoms with van der Waals surface area (Å²) in [5, 5.41) is 4.10. The standard InChI is InChI=1S/C23H19Cl2N3O2S2/c1-3-10-28-20(30)23(32-21(28)31)17(13-4-6-14(24)7-5-13)12-27(2)22(23)16-11-15(25)8-9-18(16)26-19(22)29/h3-9,11,17H,1,10,12H2,2H3,(H,26,29). The maximum atomic E-state index is 14.2. The normalized spacial score (nSPS) is 29.3. The van der Waals surface area contributed by atoms with Gasteiger partial charge in [-0.15, -0.1) is 6.58 Å². The van der Waals surface area contributed by atoms with Crippen LogP contribution in [0.1, 0.15) is 17.0 Å². The van der Waals surface area contributed by atoms with Gasteiger partial charge in [0.2, 0.25) is 5.91 Å². The molecule has 3 aliphatic rings. The average Bonchev–Trinajstić information content (AvgIpc) is 3.29. The van der Waals surface area contributed by atoms with Crippen molar-refractivity contribution in [3.8, 4) is 0 Å². The van der Waals surface area contributed by atoms with Crippen LogP contribution in [0.4, 0.5) is 5.69 Å². The Bertz CT molecular complexity index is 1190. The highest BCUT2D eigenvalue weighted by Crippen LogP contribution is 2.65. The first-order valence-electron chi connectivity index (χ1n) is 10.0. The molecule has 9 heteroatoms. The molecule has 0 bridgehead atoms. The van der Waals surface area contributed by atoms with Crippen molar-refractivity contribution >= 4 is 69.0 Å². The first kappa shape index (κ1) is 21.9. The molecule has 164 valence electrons. The fraction of sp³-hybridized carbons (Fsp3) is 0.261. The predicted octanol–water partition coefficient (Wildman–Crippen LogP) is 4.66. The lowest BCUT2D eigenvalue weighted by atomic mass is 9.72. The molecule has 2 aromatic carbocycles. The molecule has 2 fully saturated rings. The fourth-order valence-electron chi connectivity index (χ4n) is 5.37. The number of nitrogens with zero attached hydrogens (tertiary/aromatic N) is 2. The Morgan fingerprint density at radius 3 is 2.59 bits per heavy atom. The zero-order valence-corrected chi connectivity index (χ0v) is 20.2. The molecule has 0 radical (unpaired) electrons. The third-order valence-electron chi connectivity index (χ3n) is 6.62. The van der Waals surface area contributed by atoms with E-state index in [1.807, 2.05) is 24.1 Å². The number of benzene rings is 2. The summed E-state index contributed by atoms with van der Waals surface area (Å²) in [6.45, 7) is 4.53. The van der Waals surface area contributed by atoms with E-state index in [2.05, 4.69) is 11.9 Å².